The molecule has 0 spiro atoms. The van der Waals surface area contributed by atoms with Gasteiger partial charge in [-0.05, 0) is 12.3 Å². The number of rotatable bonds is 2. The van der Waals surface area contributed by atoms with Crippen molar-refractivity contribution in [3.63, 3.8) is 0 Å². The first-order chi connectivity index (χ1) is 4.75. The number of hydrogen-bond donors (Lipinski definition) is 0. The second-order valence-electron chi connectivity index (χ2n) is 1.54. The van der Waals surface area contributed by atoms with Gasteiger partial charge in [0.15, 0.2) is 0 Å². The second kappa shape index (κ2) is 3.01. The molecule has 0 aliphatic rings. The fraction of sp³-hybridized carbons (Fsp3) is 0.400. The van der Waals surface area contributed by atoms with Crippen molar-refractivity contribution in [1.82, 2.24) is 9.78 Å². The van der Waals surface area contributed by atoms with E-state index in [9.17, 15) is 8.78 Å². The molecule has 55 valence electrons. The monoisotopic (exact) mass is 163 g/mol. The van der Waals surface area contributed by atoms with E-state index in [1.54, 1.807) is 6.26 Å². The molecule has 0 saturated heterocycles. The van der Waals surface area contributed by atoms with Gasteiger partial charge in [-0.15, -0.1) is 11.8 Å². The summed E-state index contributed by atoms with van der Waals surface area (Å²) in [4.78, 5) is 0. The highest BCUT2D eigenvalue weighted by Crippen LogP contribution is 2.19. The summed E-state index contributed by atoms with van der Waals surface area (Å²) in [6, 6.07) is 1.43. The Labute approximate surface area is 61.2 Å². The smallest absolute Gasteiger partial charge is 0.197 e. The second-order valence-corrected chi connectivity index (χ2v) is 2.36. The van der Waals surface area contributed by atoms with Gasteiger partial charge in [0.1, 0.15) is 11.2 Å². The third kappa shape index (κ3) is 1.29. The highest BCUT2D eigenvalue weighted by molar-refractivity contribution is 7.98. The summed E-state index contributed by atoms with van der Waals surface area (Å²) >= 11 is 1.22. The Bertz CT molecular complexity index is 211. The van der Waals surface area contributed by atoms with Gasteiger partial charge in [0, 0.05) is 0 Å². The van der Waals surface area contributed by atoms with Gasteiger partial charge in [-0.1, -0.05) is 0 Å². The lowest BCUT2D eigenvalue weighted by Crippen LogP contribution is -2.00. The molecule has 0 atom stereocenters. The number of alkyl halides is 2. The van der Waals surface area contributed by atoms with Crippen LogP contribution < -0.4 is 0 Å². The molecule has 10 heavy (non-hydrogen) atoms. The van der Waals surface area contributed by atoms with Gasteiger partial charge in [0.25, 0.3) is 0 Å². The lowest BCUT2D eigenvalue weighted by Gasteiger charge is -2.00. The summed E-state index contributed by atoms with van der Waals surface area (Å²) in [5, 5.41) is 3.73. The minimum absolute atomic E-state index is 0.426. The first-order valence-electron chi connectivity index (χ1n) is 2.53. The molecule has 0 unspecified atom stereocenters. The van der Waals surface area contributed by atoms with Crippen molar-refractivity contribution in [2.75, 3.05) is 6.26 Å². The minimum atomic E-state index is -2.56. The average molecular weight is 163 g/mol. The molecule has 1 heterocycles. The molecule has 2 nitrogen and oxygen atoms in total. The van der Waals surface area contributed by atoms with Gasteiger partial charge in [0.2, 0.25) is 0 Å². The first-order valence-corrected chi connectivity index (χ1v) is 3.76. The van der Waals surface area contributed by atoms with Crippen molar-refractivity contribution < 1.29 is 8.78 Å². The van der Waals surface area contributed by atoms with E-state index in [0.29, 0.717) is 9.71 Å². The maximum Gasteiger partial charge on any atom is 0.334 e. The van der Waals surface area contributed by atoms with Crippen molar-refractivity contribution in [1.29, 1.82) is 0 Å². The Kier molecular flexibility index (Phi) is 2.26. The molecule has 0 N–H and O–H groups in total. The summed E-state index contributed by atoms with van der Waals surface area (Å²) in [5.74, 6) is 0. The van der Waals surface area contributed by atoms with E-state index in [1.165, 1.54) is 17.8 Å². The van der Waals surface area contributed by atoms with Crippen molar-refractivity contribution in [3.8, 4) is 0 Å². The van der Waals surface area contributed by atoms with E-state index in [2.05, 4.69) is 11.3 Å². The third-order valence-electron chi connectivity index (χ3n) is 0.973. The summed E-state index contributed by atoms with van der Waals surface area (Å²) in [5.41, 5.74) is 0. The number of aromatic nitrogens is 2. The van der Waals surface area contributed by atoms with Crippen molar-refractivity contribution >= 4 is 11.8 Å². The molecule has 0 aromatic carbocycles. The van der Waals surface area contributed by atoms with Gasteiger partial charge in [-0.2, -0.15) is 18.6 Å². The molecule has 0 bridgehead atoms. The number of hydrogen-bond acceptors (Lipinski definition) is 2. The summed E-state index contributed by atoms with van der Waals surface area (Å²) < 4.78 is 24.5. The molecule has 0 aliphatic carbocycles. The van der Waals surface area contributed by atoms with Gasteiger partial charge >= 0.3 is 6.55 Å². The topological polar surface area (TPSA) is 17.8 Å². The first kappa shape index (κ1) is 7.53. The Balaban J connectivity index is 2.90. The molecule has 1 aromatic heterocycles. The molecule has 1 radical (unpaired) electrons. The molecule has 0 aliphatic heterocycles. The van der Waals surface area contributed by atoms with Gasteiger partial charge in [-0.25, -0.2) is 0 Å². The molecular weight excluding hydrogens is 158 g/mol. The summed E-state index contributed by atoms with van der Waals surface area (Å²) in [6.45, 7) is -2.56. The zero-order chi connectivity index (χ0) is 7.56. The standard InChI is InChI=1S/C5H5F2N2S/c1-10-4-2-3-8-9(4)5(6)7/h2,5H,1H3. The van der Waals surface area contributed by atoms with Crippen LogP contribution >= 0.6 is 11.8 Å². The maximum absolute atomic E-state index is 11.9. The van der Waals surface area contributed by atoms with E-state index in [-0.39, 0.29) is 0 Å². The molecule has 0 fully saturated rings. The molecule has 1 aromatic rings. The summed E-state index contributed by atoms with van der Waals surface area (Å²) in [6.07, 6.45) is 4.05. The van der Waals surface area contributed by atoms with Crippen molar-refractivity contribution in [3.05, 3.63) is 12.3 Å². The largest absolute Gasteiger partial charge is 0.334 e. The van der Waals surface area contributed by atoms with Crippen molar-refractivity contribution in [2.24, 2.45) is 0 Å². The minimum Gasteiger partial charge on any atom is -0.197 e. The average Bonchev–Trinajstić information content (AvgIpc) is 2.33. The summed E-state index contributed by atoms with van der Waals surface area (Å²) in [7, 11) is 0. The predicted molar refractivity (Wildman–Crippen MR) is 34.1 cm³/mol. The van der Waals surface area contributed by atoms with E-state index < -0.39 is 6.55 Å². The van der Waals surface area contributed by atoms with Gasteiger partial charge < -0.3 is 0 Å². The van der Waals surface area contributed by atoms with E-state index in [1.807, 2.05) is 0 Å². The Hall–Kier alpha value is -0.580. The zero-order valence-corrected chi connectivity index (χ0v) is 6.03. The highest BCUT2D eigenvalue weighted by Gasteiger charge is 2.09. The van der Waals surface area contributed by atoms with Gasteiger partial charge in [0.05, 0.1) is 0 Å². The van der Waals surface area contributed by atoms with Crippen LogP contribution in [-0.4, -0.2) is 16.0 Å². The van der Waals surface area contributed by atoms with Crippen LogP contribution in [0, 0.1) is 6.20 Å². The van der Waals surface area contributed by atoms with Crippen LogP contribution in [0.1, 0.15) is 6.55 Å². The van der Waals surface area contributed by atoms with E-state index in [0.717, 1.165) is 0 Å². The lowest BCUT2D eigenvalue weighted by atomic mass is 10.7. The van der Waals surface area contributed by atoms with Crippen LogP contribution in [-0.2, 0) is 0 Å². The fourth-order valence-electron chi connectivity index (χ4n) is 0.554. The Morgan fingerprint density at radius 3 is 2.90 bits per heavy atom. The fourth-order valence-corrected chi connectivity index (χ4v) is 1.03. The van der Waals surface area contributed by atoms with Crippen LogP contribution in [0.4, 0.5) is 8.78 Å². The zero-order valence-electron chi connectivity index (χ0n) is 5.21. The van der Waals surface area contributed by atoms with E-state index in [4.69, 9.17) is 0 Å². The molecule has 1 rings (SSSR count). The van der Waals surface area contributed by atoms with Crippen LogP contribution in [0.15, 0.2) is 11.1 Å². The van der Waals surface area contributed by atoms with E-state index >= 15 is 0 Å². The van der Waals surface area contributed by atoms with Crippen molar-refractivity contribution in [2.45, 2.75) is 11.6 Å². The number of nitrogens with zero attached hydrogens (tertiary/aromatic N) is 2. The third-order valence-corrected chi connectivity index (χ3v) is 1.70. The lowest BCUT2D eigenvalue weighted by molar-refractivity contribution is 0.0474. The quantitative estimate of drug-likeness (QED) is 0.619. The van der Waals surface area contributed by atoms with Crippen LogP contribution in [0.2, 0.25) is 0 Å². The number of halogens is 2. The van der Waals surface area contributed by atoms with Crippen LogP contribution in [0.25, 0.3) is 0 Å². The Morgan fingerprint density at radius 2 is 2.50 bits per heavy atom. The highest BCUT2D eigenvalue weighted by atomic mass is 32.2. The van der Waals surface area contributed by atoms with Crippen LogP contribution in [0.3, 0.4) is 0 Å². The molecule has 0 amide bonds. The molecular formula is C5H5F2N2S. The Morgan fingerprint density at radius 1 is 1.80 bits per heavy atom. The molecule has 0 saturated carbocycles. The van der Waals surface area contributed by atoms with Gasteiger partial charge in [-0.3, -0.25) is 0 Å². The SMILES string of the molecule is CSc1c[c]nn1C(F)F. The maximum atomic E-state index is 11.9. The predicted octanol–water partition coefficient (Wildman–Crippen LogP) is 1.80. The normalized spacial score (nSPS) is 10.8. The molecule has 5 heteroatoms. The van der Waals surface area contributed by atoms with Crippen LogP contribution in [0.5, 0.6) is 0 Å². The number of thioether (sulfide) groups is 1.